The molecule has 2 N–H and O–H groups in total. The van der Waals surface area contributed by atoms with Crippen LogP contribution in [0.5, 0.6) is 0 Å². The van der Waals surface area contributed by atoms with Gasteiger partial charge in [0.1, 0.15) is 11.3 Å². The maximum atomic E-state index is 11.7. The molecular weight excluding hydrogens is 416 g/mol. The Morgan fingerprint density at radius 1 is 1.28 bits per heavy atom. The highest BCUT2D eigenvalue weighted by atomic mass is 35.5. The number of hydrogen-bond donors (Lipinski definition) is 2. The van der Waals surface area contributed by atoms with E-state index in [0.29, 0.717) is 39.0 Å². The number of carbonyl (C=O) groups is 3. The minimum Gasteiger partial charge on any atom is -0.477 e. The summed E-state index contributed by atoms with van der Waals surface area (Å²) < 4.78 is 1.79. The third kappa shape index (κ3) is 3.74. The molecule has 1 aliphatic heterocycles. The van der Waals surface area contributed by atoms with Crippen molar-refractivity contribution in [2.24, 2.45) is 0 Å². The summed E-state index contributed by atoms with van der Waals surface area (Å²) in [6.07, 6.45) is 1.60. The van der Waals surface area contributed by atoms with E-state index in [0.717, 1.165) is 17.3 Å². The van der Waals surface area contributed by atoms with Crippen molar-refractivity contribution in [3.63, 3.8) is 0 Å². The fourth-order valence-electron chi connectivity index (χ4n) is 2.95. The van der Waals surface area contributed by atoms with Crippen LogP contribution in [0, 0.1) is 6.92 Å². The standard InChI is InChI=1S/C19H13ClN4O4S/c1-9-21-13-4-5-14(18(26)27)22-16(13)24(9)8-11-3-2-10(6-12(11)20)7-15-17(25)23-19(28)29-15/h2-7H,8H2,1H3,(H,26,27)(H,23,25,28)/b15-7-. The van der Waals surface area contributed by atoms with Gasteiger partial charge in [0.25, 0.3) is 11.1 Å². The minimum atomic E-state index is -1.11. The number of hydrogen-bond acceptors (Lipinski definition) is 6. The van der Waals surface area contributed by atoms with Crippen LogP contribution in [0.15, 0.2) is 35.2 Å². The van der Waals surface area contributed by atoms with Crippen LogP contribution in [-0.4, -0.2) is 36.8 Å². The Kier molecular flexibility index (Phi) is 4.85. The molecule has 1 aliphatic rings. The van der Waals surface area contributed by atoms with E-state index in [-0.39, 0.29) is 5.69 Å². The Labute approximate surface area is 173 Å². The van der Waals surface area contributed by atoms with Gasteiger partial charge in [-0.1, -0.05) is 23.7 Å². The Morgan fingerprint density at radius 2 is 2.07 bits per heavy atom. The van der Waals surface area contributed by atoms with Crippen molar-refractivity contribution >= 4 is 57.7 Å². The highest BCUT2D eigenvalue weighted by Crippen LogP contribution is 2.28. The van der Waals surface area contributed by atoms with Crippen molar-refractivity contribution in [3.05, 3.63) is 62.9 Å². The van der Waals surface area contributed by atoms with Crippen LogP contribution in [-0.2, 0) is 11.3 Å². The van der Waals surface area contributed by atoms with E-state index < -0.39 is 17.1 Å². The maximum Gasteiger partial charge on any atom is 0.354 e. The molecule has 8 nitrogen and oxygen atoms in total. The van der Waals surface area contributed by atoms with Gasteiger partial charge in [0.2, 0.25) is 0 Å². The van der Waals surface area contributed by atoms with Gasteiger partial charge >= 0.3 is 5.97 Å². The molecule has 10 heteroatoms. The molecule has 0 bridgehead atoms. The molecule has 0 radical (unpaired) electrons. The Hall–Kier alpha value is -3.17. The summed E-state index contributed by atoms with van der Waals surface area (Å²) in [4.78, 5) is 43.1. The average Bonchev–Trinajstić information content (AvgIpc) is 3.14. The normalized spacial score (nSPS) is 15.3. The molecule has 1 aromatic carbocycles. The van der Waals surface area contributed by atoms with Gasteiger partial charge < -0.3 is 9.67 Å². The zero-order valence-electron chi connectivity index (χ0n) is 15.0. The lowest BCUT2D eigenvalue weighted by Crippen LogP contribution is -2.17. The van der Waals surface area contributed by atoms with Crippen molar-refractivity contribution in [1.29, 1.82) is 0 Å². The smallest absolute Gasteiger partial charge is 0.354 e. The molecule has 2 aromatic heterocycles. The Bertz CT molecular complexity index is 1230. The van der Waals surface area contributed by atoms with Gasteiger partial charge in [-0.3, -0.25) is 14.9 Å². The number of nitrogens with one attached hydrogen (secondary N) is 1. The molecule has 2 amide bonds. The number of imidazole rings is 1. The molecule has 29 heavy (non-hydrogen) atoms. The fraction of sp³-hybridized carbons (Fsp3) is 0.105. The summed E-state index contributed by atoms with van der Waals surface area (Å²) in [5, 5.41) is 11.5. The number of rotatable bonds is 4. The van der Waals surface area contributed by atoms with E-state index in [4.69, 9.17) is 11.6 Å². The maximum absolute atomic E-state index is 11.7. The van der Waals surface area contributed by atoms with Crippen LogP contribution in [0.25, 0.3) is 17.2 Å². The second-order valence-corrected chi connectivity index (χ2v) is 7.71. The average molecular weight is 429 g/mol. The van der Waals surface area contributed by atoms with Gasteiger partial charge in [0.15, 0.2) is 11.3 Å². The summed E-state index contributed by atoms with van der Waals surface area (Å²) >= 11 is 7.27. The fourth-order valence-corrected chi connectivity index (χ4v) is 3.88. The number of carboxylic acids is 1. The van der Waals surface area contributed by atoms with Gasteiger partial charge in [-0.05, 0) is 54.1 Å². The van der Waals surface area contributed by atoms with E-state index in [2.05, 4.69) is 15.3 Å². The third-order valence-corrected chi connectivity index (χ3v) is 5.51. The van der Waals surface area contributed by atoms with E-state index in [1.165, 1.54) is 6.07 Å². The van der Waals surface area contributed by atoms with Crippen LogP contribution in [0.1, 0.15) is 27.4 Å². The molecule has 0 spiro atoms. The minimum absolute atomic E-state index is 0.0615. The number of aromatic nitrogens is 3. The number of pyridine rings is 1. The van der Waals surface area contributed by atoms with Crippen molar-refractivity contribution in [2.75, 3.05) is 0 Å². The van der Waals surface area contributed by atoms with Crippen molar-refractivity contribution in [3.8, 4) is 0 Å². The number of imide groups is 1. The number of nitrogens with zero attached hydrogens (tertiary/aromatic N) is 3. The largest absolute Gasteiger partial charge is 0.477 e. The number of amides is 2. The highest BCUT2D eigenvalue weighted by molar-refractivity contribution is 8.18. The first kappa shape index (κ1) is 19.2. The molecule has 1 fully saturated rings. The molecule has 146 valence electrons. The van der Waals surface area contributed by atoms with Crippen LogP contribution >= 0.6 is 23.4 Å². The lowest BCUT2D eigenvalue weighted by Gasteiger charge is -2.09. The predicted octanol–water partition coefficient (Wildman–Crippen LogP) is 3.46. The molecule has 0 unspecified atom stereocenters. The van der Waals surface area contributed by atoms with Crippen LogP contribution < -0.4 is 5.32 Å². The molecule has 3 aromatic rings. The topological polar surface area (TPSA) is 114 Å². The van der Waals surface area contributed by atoms with Gasteiger partial charge in [-0.25, -0.2) is 14.8 Å². The van der Waals surface area contributed by atoms with Crippen molar-refractivity contribution in [1.82, 2.24) is 19.9 Å². The summed E-state index contributed by atoms with van der Waals surface area (Å²) in [7, 11) is 0. The van der Waals surface area contributed by atoms with Crippen LogP contribution in [0.3, 0.4) is 0 Å². The molecule has 0 saturated carbocycles. The molecule has 4 rings (SSSR count). The second kappa shape index (κ2) is 7.34. The zero-order valence-corrected chi connectivity index (χ0v) is 16.5. The highest BCUT2D eigenvalue weighted by Gasteiger charge is 2.25. The first-order valence-electron chi connectivity index (χ1n) is 8.42. The Balaban J connectivity index is 1.67. The number of aromatic carboxylic acids is 1. The monoisotopic (exact) mass is 428 g/mol. The van der Waals surface area contributed by atoms with Gasteiger partial charge in [0.05, 0.1) is 11.4 Å². The summed E-state index contributed by atoms with van der Waals surface area (Å²) in [6.45, 7) is 2.16. The van der Waals surface area contributed by atoms with Crippen molar-refractivity contribution in [2.45, 2.75) is 13.5 Å². The van der Waals surface area contributed by atoms with Crippen LogP contribution in [0.4, 0.5) is 4.79 Å². The molecular formula is C19H13ClN4O4S. The van der Waals surface area contributed by atoms with Gasteiger partial charge in [-0.15, -0.1) is 0 Å². The van der Waals surface area contributed by atoms with E-state index >= 15 is 0 Å². The SMILES string of the molecule is Cc1nc2ccc(C(=O)O)nc2n1Cc1ccc(/C=C2\SC(=O)NC2=O)cc1Cl. The van der Waals surface area contributed by atoms with Crippen LogP contribution in [0.2, 0.25) is 5.02 Å². The molecule has 0 atom stereocenters. The van der Waals surface area contributed by atoms with E-state index in [1.54, 1.807) is 34.9 Å². The molecule has 0 aliphatic carbocycles. The predicted molar refractivity (Wildman–Crippen MR) is 109 cm³/mol. The molecule has 1 saturated heterocycles. The van der Waals surface area contributed by atoms with E-state index in [1.807, 2.05) is 6.92 Å². The quantitative estimate of drug-likeness (QED) is 0.611. The summed E-state index contributed by atoms with van der Waals surface area (Å²) in [5.41, 5.74) is 2.46. The lowest BCUT2D eigenvalue weighted by atomic mass is 10.1. The zero-order chi connectivity index (χ0) is 20.7. The number of thioether (sulfide) groups is 1. The van der Waals surface area contributed by atoms with E-state index in [9.17, 15) is 19.5 Å². The third-order valence-electron chi connectivity index (χ3n) is 4.35. The van der Waals surface area contributed by atoms with Crippen molar-refractivity contribution < 1.29 is 19.5 Å². The molecule has 3 heterocycles. The number of aryl methyl sites for hydroxylation is 1. The number of carboxylic acid groups (broad SMARTS) is 1. The number of benzene rings is 1. The number of halogens is 1. The van der Waals surface area contributed by atoms with Gasteiger partial charge in [0, 0.05) is 5.02 Å². The summed E-state index contributed by atoms with van der Waals surface area (Å²) in [5.74, 6) is -0.865. The number of fused-ring (bicyclic) bond motifs is 1. The van der Waals surface area contributed by atoms with Gasteiger partial charge in [-0.2, -0.15) is 0 Å². The number of carbonyl (C=O) groups excluding carboxylic acids is 2. The Morgan fingerprint density at radius 3 is 2.72 bits per heavy atom. The second-order valence-electron chi connectivity index (χ2n) is 6.29. The first-order valence-corrected chi connectivity index (χ1v) is 9.62. The summed E-state index contributed by atoms with van der Waals surface area (Å²) in [6, 6.07) is 8.33. The first-order chi connectivity index (χ1) is 13.8. The lowest BCUT2D eigenvalue weighted by molar-refractivity contribution is -0.115.